The minimum Gasteiger partial charge on any atom is -0.352 e. The summed E-state index contributed by atoms with van der Waals surface area (Å²) in [5.74, 6) is 2.77. The molecule has 4 nitrogen and oxygen atoms in total. The van der Waals surface area contributed by atoms with Crippen molar-refractivity contribution >= 4 is 18.3 Å². The highest BCUT2D eigenvalue weighted by atomic mass is 35.5. The SMILES string of the molecule is CC(NC(=O)CN(C)C1CCNC1)C1CC2CCC1C2.Cl. The van der Waals surface area contributed by atoms with Gasteiger partial charge in [-0.3, -0.25) is 9.69 Å². The minimum absolute atomic E-state index is 0. The molecule has 2 bridgehead atoms. The third-order valence-corrected chi connectivity index (χ3v) is 5.87. The first-order valence-corrected chi connectivity index (χ1v) is 8.34. The summed E-state index contributed by atoms with van der Waals surface area (Å²) in [6.45, 7) is 4.85. The van der Waals surface area contributed by atoms with Crippen LogP contribution in [-0.4, -0.2) is 49.6 Å². The van der Waals surface area contributed by atoms with Crippen LogP contribution in [0.25, 0.3) is 0 Å². The van der Waals surface area contributed by atoms with Crippen molar-refractivity contribution in [2.24, 2.45) is 17.8 Å². The molecule has 1 amide bonds. The summed E-state index contributed by atoms with van der Waals surface area (Å²) in [7, 11) is 2.07. The monoisotopic (exact) mass is 315 g/mol. The summed E-state index contributed by atoms with van der Waals surface area (Å²) in [6.07, 6.45) is 6.74. The maximum Gasteiger partial charge on any atom is 0.234 e. The zero-order valence-electron chi connectivity index (χ0n) is 13.3. The number of nitrogens with zero attached hydrogens (tertiary/aromatic N) is 1. The Hall–Kier alpha value is -0.320. The van der Waals surface area contributed by atoms with Crippen molar-refractivity contribution in [2.45, 2.75) is 51.1 Å². The Morgan fingerprint density at radius 3 is 2.71 bits per heavy atom. The lowest BCUT2D eigenvalue weighted by Gasteiger charge is -2.30. The molecule has 1 heterocycles. The van der Waals surface area contributed by atoms with Crippen LogP contribution in [0.3, 0.4) is 0 Å². The molecule has 5 unspecified atom stereocenters. The number of hydrogen-bond donors (Lipinski definition) is 2. The van der Waals surface area contributed by atoms with Gasteiger partial charge in [0.25, 0.3) is 0 Å². The van der Waals surface area contributed by atoms with Crippen LogP contribution in [0.15, 0.2) is 0 Å². The zero-order valence-corrected chi connectivity index (χ0v) is 14.1. The van der Waals surface area contributed by atoms with Crippen molar-refractivity contribution in [3.05, 3.63) is 0 Å². The maximum absolute atomic E-state index is 12.2. The van der Waals surface area contributed by atoms with E-state index < -0.39 is 0 Å². The van der Waals surface area contributed by atoms with E-state index in [1.165, 1.54) is 25.7 Å². The molecule has 122 valence electrons. The van der Waals surface area contributed by atoms with E-state index in [1.54, 1.807) is 0 Å². The van der Waals surface area contributed by atoms with Crippen molar-refractivity contribution in [3.63, 3.8) is 0 Å². The molecule has 1 aliphatic heterocycles. The van der Waals surface area contributed by atoms with Crippen LogP contribution in [0.2, 0.25) is 0 Å². The Bertz CT molecular complexity index is 359. The molecule has 0 radical (unpaired) electrons. The highest BCUT2D eigenvalue weighted by Gasteiger charge is 2.42. The fourth-order valence-corrected chi connectivity index (χ4v) is 4.68. The van der Waals surface area contributed by atoms with Crippen molar-refractivity contribution in [1.82, 2.24) is 15.5 Å². The van der Waals surface area contributed by atoms with Gasteiger partial charge < -0.3 is 10.6 Å². The zero-order chi connectivity index (χ0) is 14.1. The summed E-state index contributed by atoms with van der Waals surface area (Å²) in [6, 6.07) is 0.881. The Morgan fingerprint density at radius 1 is 1.33 bits per heavy atom. The molecule has 0 aromatic heterocycles. The topological polar surface area (TPSA) is 44.4 Å². The molecule has 5 atom stereocenters. The molecule has 1 saturated heterocycles. The van der Waals surface area contributed by atoms with Gasteiger partial charge in [0.1, 0.15) is 0 Å². The number of rotatable bonds is 5. The van der Waals surface area contributed by atoms with Crippen LogP contribution < -0.4 is 10.6 Å². The number of fused-ring (bicyclic) bond motifs is 2. The molecule has 5 heteroatoms. The lowest BCUT2D eigenvalue weighted by Crippen LogP contribution is -2.46. The van der Waals surface area contributed by atoms with Crippen LogP contribution in [0.5, 0.6) is 0 Å². The molecule has 0 aromatic carbocycles. The fourth-order valence-electron chi connectivity index (χ4n) is 4.68. The van der Waals surface area contributed by atoms with Gasteiger partial charge in [0.2, 0.25) is 5.91 Å². The summed E-state index contributed by atoms with van der Waals surface area (Å²) in [4.78, 5) is 14.4. The standard InChI is InChI=1S/C16H29N3O.ClH/c1-11(15-8-12-3-4-13(15)7-12)18-16(20)10-19(2)14-5-6-17-9-14;/h11-15,17H,3-10H2,1-2H3,(H,18,20);1H. The first-order chi connectivity index (χ1) is 9.63. The van der Waals surface area contributed by atoms with Gasteiger partial charge in [-0.05, 0) is 64.0 Å². The molecule has 2 aliphatic carbocycles. The molecule has 2 N–H and O–H groups in total. The minimum atomic E-state index is 0. The second-order valence-electron chi connectivity index (χ2n) is 7.26. The van der Waals surface area contributed by atoms with Crippen LogP contribution in [0.1, 0.15) is 39.0 Å². The molecule has 0 aromatic rings. The van der Waals surface area contributed by atoms with Gasteiger partial charge >= 0.3 is 0 Å². The molecule has 2 saturated carbocycles. The second kappa shape index (κ2) is 7.30. The van der Waals surface area contributed by atoms with Gasteiger partial charge in [-0.15, -0.1) is 12.4 Å². The number of nitrogens with one attached hydrogen (secondary N) is 2. The molecular weight excluding hydrogens is 286 g/mol. The lowest BCUT2D eigenvalue weighted by molar-refractivity contribution is -0.123. The van der Waals surface area contributed by atoms with Gasteiger partial charge in [0.15, 0.2) is 0 Å². The van der Waals surface area contributed by atoms with E-state index in [1.807, 2.05) is 0 Å². The van der Waals surface area contributed by atoms with E-state index in [0.29, 0.717) is 18.6 Å². The van der Waals surface area contributed by atoms with Crippen molar-refractivity contribution < 1.29 is 4.79 Å². The fraction of sp³-hybridized carbons (Fsp3) is 0.938. The molecule has 3 aliphatic rings. The quantitative estimate of drug-likeness (QED) is 0.811. The first-order valence-electron chi connectivity index (χ1n) is 8.34. The number of hydrogen-bond acceptors (Lipinski definition) is 3. The highest BCUT2D eigenvalue weighted by Crippen LogP contribution is 2.49. The Labute approximate surface area is 134 Å². The third-order valence-electron chi connectivity index (χ3n) is 5.87. The van der Waals surface area contributed by atoms with E-state index in [9.17, 15) is 4.79 Å². The molecule has 0 spiro atoms. The average molecular weight is 316 g/mol. The van der Waals surface area contributed by atoms with Crippen LogP contribution in [-0.2, 0) is 4.79 Å². The van der Waals surface area contributed by atoms with E-state index in [4.69, 9.17) is 0 Å². The van der Waals surface area contributed by atoms with Gasteiger partial charge in [0, 0.05) is 18.6 Å². The number of carbonyl (C=O) groups excluding carboxylic acids is 1. The van der Waals surface area contributed by atoms with Crippen molar-refractivity contribution in [2.75, 3.05) is 26.7 Å². The smallest absolute Gasteiger partial charge is 0.234 e. The van der Waals surface area contributed by atoms with Crippen LogP contribution in [0.4, 0.5) is 0 Å². The predicted octanol–water partition coefficient (Wildman–Crippen LogP) is 1.64. The van der Waals surface area contributed by atoms with Gasteiger partial charge in [0.05, 0.1) is 6.54 Å². The molecular formula is C16H30ClN3O. The van der Waals surface area contributed by atoms with Gasteiger partial charge in [-0.1, -0.05) is 6.42 Å². The Morgan fingerprint density at radius 2 is 2.14 bits per heavy atom. The van der Waals surface area contributed by atoms with E-state index in [-0.39, 0.29) is 18.3 Å². The predicted molar refractivity (Wildman–Crippen MR) is 87.7 cm³/mol. The number of carbonyl (C=O) groups is 1. The number of halogens is 1. The largest absolute Gasteiger partial charge is 0.352 e. The summed E-state index contributed by atoms with van der Waals surface area (Å²) in [5.41, 5.74) is 0. The second-order valence-corrected chi connectivity index (χ2v) is 7.26. The van der Waals surface area contributed by atoms with Crippen molar-refractivity contribution in [1.29, 1.82) is 0 Å². The Balaban J connectivity index is 0.00000161. The lowest BCUT2D eigenvalue weighted by atomic mass is 9.84. The normalized spacial score (nSPS) is 35.8. The van der Waals surface area contributed by atoms with E-state index in [0.717, 1.165) is 37.3 Å². The number of amides is 1. The number of likely N-dealkylation sites (N-methyl/N-ethyl adjacent to an activating group) is 1. The van der Waals surface area contributed by atoms with Crippen LogP contribution >= 0.6 is 12.4 Å². The third kappa shape index (κ3) is 3.91. The molecule has 21 heavy (non-hydrogen) atoms. The average Bonchev–Trinajstić information content (AvgIpc) is 3.15. The maximum atomic E-state index is 12.2. The van der Waals surface area contributed by atoms with E-state index in [2.05, 4.69) is 29.5 Å². The van der Waals surface area contributed by atoms with Gasteiger partial charge in [-0.25, -0.2) is 0 Å². The summed E-state index contributed by atoms with van der Waals surface area (Å²) < 4.78 is 0. The molecule has 3 fully saturated rings. The highest BCUT2D eigenvalue weighted by molar-refractivity contribution is 5.85. The van der Waals surface area contributed by atoms with Crippen LogP contribution in [0, 0.1) is 17.8 Å². The molecule has 3 rings (SSSR count). The Kier molecular flexibility index (Phi) is 5.92. The van der Waals surface area contributed by atoms with Gasteiger partial charge in [-0.2, -0.15) is 0 Å². The summed E-state index contributed by atoms with van der Waals surface area (Å²) >= 11 is 0. The first kappa shape index (κ1) is 17.0. The summed E-state index contributed by atoms with van der Waals surface area (Å²) in [5, 5.41) is 6.62. The van der Waals surface area contributed by atoms with Crippen molar-refractivity contribution in [3.8, 4) is 0 Å². The van der Waals surface area contributed by atoms with E-state index >= 15 is 0 Å².